The minimum Gasteiger partial charge on any atom is -0.479 e. The average molecular weight is 334 g/mol. The van der Waals surface area contributed by atoms with Crippen molar-refractivity contribution in [2.24, 2.45) is 0 Å². The third kappa shape index (κ3) is 4.32. The van der Waals surface area contributed by atoms with Gasteiger partial charge in [0.2, 0.25) is 11.8 Å². The van der Waals surface area contributed by atoms with Crippen LogP contribution in [0.15, 0.2) is 24.3 Å². The van der Waals surface area contributed by atoms with Gasteiger partial charge in [-0.05, 0) is 12.5 Å². The zero-order valence-electron chi connectivity index (χ0n) is 13.8. The van der Waals surface area contributed by atoms with Gasteiger partial charge in [-0.3, -0.25) is 9.59 Å². The number of carbonyl (C=O) groups excluding carboxylic acids is 2. The Morgan fingerprint density at radius 2 is 1.96 bits per heavy atom. The highest BCUT2D eigenvalue weighted by Crippen LogP contribution is 2.22. The minimum atomic E-state index is -1.38. The number of benzene rings is 1. The number of amides is 2. The van der Waals surface area contributed by atoms with Gasteiger partial charge in [0.05, 0.1) is 19.1 Å². The number of carboxylic acid groups (broad SMARTS) is 1. The first-order chi connectivity index (χ1) is 11.3. The molecule has 1 heterocycles. The first-order valence-corrected chi connectivity index (χ1v) is 7.78. The van der Waals surface area contributed by atoms with E-state index in [9.17, 15) is 19.5 Å². The van der Waals surface area contributed by atoms with E-state index in [1.165, 1.54) is 6.92 Å². The zero-order valence-corrected chi connectivity index (χ0v) is 13.8. The first-order valence-electron chi connectivity index (χ1n) is 7.78. The average Bonchev–Trinajstić information content (AvgIpc) is 2.96. The van der Waals surface area contributed by atoms with E-state index in [-0.39, 0.29) is 25.4 Å². The molecule has 0 radical (unpaired) electrons. The summed E-state index contributed by atoms with van der Waals surface area (Å²) in [6.07, 6.45) is 0.182. The Hall–Kier alpha value is -2.41. The molecule has 2 unspecified atom stereocenters. The normalized spacial score (nSPS) is 21.1. The summed E-state index contributed by atoms with van der Waals surface area (Å²) in [6, 6.07) is 6.96. The van der Waals surface area contributed by atoms with E-state index >= 15 is 0 Å². The molecule has 7 nitrogen and oxygen atoms in total. The highest BCUT2D eigenvalue weighted by atomic mass is 16.5. The van der Waals surface area contributed by atoms with E-state index in [0.717, 1.165) is 11.1 Å². The Morgan fingerprint density at radius 1 is 1.29 bits per heavy atom. The summed E-state index contributed by atoms with van der Waals surface area (Å²) in [5, 5.41) is 14.7. The lowest BCUT2D eigenvalue weighted by atomic mass is 9.97. The van der Waals surface area contributed by atoms with Crippen molar-refractivity contribution in [2.75, 3.05) is 13.2 Å². The van der Waals surface area contributed by atoms with Crippen LogP contribution in [0, 0.1) is 6.92 Å². The second-order valence-electron chi connectivity index (χ2n) is 6.11. The van der Waals surface area contributed by atoms with E-state index in [1.807, 2.05) is 31.2 Å². The van der Waals surface area contributed by atoms with Gasteiger partial charge in [0.1, 0.15) is 0 Å². The Kier molecular flexibility index (Phi) is 5.56. The van der Waals surface area contributed by atoms with Crippen LogP contribution in [0.2, 0.25) is 0 Å². The molecule has 3 N–H and O–H groups in total. The van der Waals surface area contributed by atoms with Crippen molar-refractivity contribution >= 4 is 17.8 Å². The Morgan fingerprint density at radius 3 is 2.46 bits per heavy atom. The number of aliphatic carboxylic acids is 1. The van der Waals surface area contributed by atoms with Crippen LogP contribution >= 0.6 is 0 Å². The monoisotopic (exact) mass is 334 g/mol. The quantitative estimate of drug-likeness (QED) is 0.717. The molecule has 2 rings (SSSR count). The zero-order chi connectivity index (χ0) is 17.7. The number of nitrogens with one attached hydrogen (secondary N) is 2. The van der Waals surface area contributed by atoms with Crippen LogP contribution in [0.3, 0.4) is 0 Å². The third-order valence-corrected chi connectivity index (χ3v) is 4.06. The van der Waals surface area contributed by atoms with Crippen LogP contribution in [0.25, 0.3) is 0 Å². The van der Waals surface area contributed by atoms with Crippen molar-refractivity contribution in [3.8, 4) is 0 Å². The highest BCUT2D eigenvalue weighted by Gasteiger charge is 2.44. The molecule has 1 aromatic rings. The maximum Gasteiger partial charge on any atom is 0.331 e. The Bertz CT molecular complexity index is 620. The maximum atomic E-state index is 12.4. The van der Waals surface area contributed by atoms with Gasteiger partial charge in [0, 0.05) is 20.0 Å². The van der Waals surface area contributed by atoms with Gasteiger partial charge in [-0.2, -0.15) is 0 Å². The van der Waals surface area contributed by atoms with Gasteiger partial charge in [0.15, 0.2) is 5.54 Å². The molecule has 2 atom stereocenters. The number of hydrogen-bond donors (Lipinski definition) is 3. The summed E-state index contributed by atoms with van der Waals surface area (Å²) in [6.45, 7) is 3.56. The molecule has 7 heteroatoms. The third-order valence-electron chi connectivity index (χ3n) is 4.06. The summed E-state index contributed by atoms with van der Waals surface area (Å²) in [7, 11) is 0. The lowest BCUT2D eigenvalue weighted by molar-refractivity contribution is -0.147. The number of carboxylic acids is 1. The molecule has 130 valence electrons. The van der Waals surface area contributed by atoms with Crippen LogP contribution in [-0.4, -0.2) is 41.6 Å². The summed E-state index contributed by atoms with van der Waals surface area (Å²) >= 11 is 0. The summed E-state index contributed by atoms with van der Waals surface area (Å²) in [5.74, 6) is -1.81. The standard InChI is InChI=1S/C17H22N2O5/c1-11-3-5-13(6-4-11)14(18-12(2)20)9-15(21)19-17(16(22)23)7-8-24-10-17/h3-6,14H,7-10H2,1-2H3,(H,18,20)(H,19,21)(H,22,23). The largest absolute Gasteiger partial charge is 0.479 e. The molecule has 0 spiro atoms. The van der Waals surface area contributed by atoms with Crippen LogP contribution in [0.5, 0.6) is 0 Å². The lowest BCUT2D eigenvalue weighted by Gasteiger charge is -2.25. The number of ether oxygens (including phenoxy) is 1. The summed E-state index contributed by atoms with van der Waals surface area (Å²) < 4.78 is 5.12. The molecule has 0 saturated carbocycles. The highest BCUT2D eigenvalue weighted by molar-refractivity contribution is 5.88. The number of rotatable bonds is 6. The van der Waals surface area contributed by atoms with Crippen LogP contribution in [0.4, 0.5) is 0 Å². The molecule has 1 fully saturated rings. The van der Waals surface area contributed by atoms with E-state index in [2.05, 4.69) is 10.6 Å². The van der Waals surface area contributed by atoms with Gasteiger partial charge in [-0.15, -0.1) is 0 Å². The van der Waals surface area contributed by atoms with Gasteiger partial charge in [-0.25, -0.2) is 4.79 Å². The predicted octanol–water partition coefficient (Wildman–Crippen LogP) is 0.922. The fraction of sp³-hybridized carbons (Fsp3) is 0.471. The number of carbonyl (C=O) groups is 3. The lowest BCUT2D eigenvalue weighted by Crippen LogP contribution is -2.55. The van der Waals surface area contributed by atoms with E-state index in [0.29, 0.717) is 6.61 Å². The van der Waals surface area contributed by atoms with Crippen LogP contribution in [0.1, 0.15) is 36.9 Å². The van der Waals surface area contributed by atoms with Crippen molar-refractivity contribution in [3.63, 3.8) is 0 Å². The molecule has 1 aliphatic heterocycles. The Labute approximate surface area is 140 Å². The Balaban J connectivity index is 2.10. The molecule has 0 bridgehead atoms. The van der Waals surface area contributed by atoms with Crippen molar-refractivity contribution < 1.29 is 24.2 Å². The number of hydrogen-bond acceptors (Lipinski definition) is 4. The van der Waals surface area contributed by atoms with Gasteiger partial charge in [0.25, 0.3) is 0 Å². The van der Waals surface area contributed by atoms with E-state index in [4.69, 9.17) is 4.74 Å². The molecule has 24 heavy (non-hydrogen) atoms. The van der Waals surface area contributed by atoms with Gasteiger partial charge in [-0.1, -0.05) is 29.8 Å². The van der Waals surface area contributed by atoms with E-state index < -0.39 is 23.5 Å². The molecule has 1 aromatic carbocycles. The van der Waals surface area contributed by atoms with Crippen molar-refractivity contribution in [2.45, 2.75) is 38.3 Å². The molecule has 0 aromatic heterocycles. The molecule has 0 aliphatic carbocycles. The predicted molar refractivity (Wildman–Crippen MR) is 86.3 cm³/mol. The second kappa shape index (κ2) is 7.44. The topological polar surface area (TPSA) is 105 Å². The SMILES string of the molecule is CC(=O)NC(CC(=O)NC1(C(=O)O)CCOC1)c1ccc(C)cc1. The fourth-order valence-electron chi connectivity index (χ4n) is 2.69. The van der Waals surface area contributed by atoms with Crippen LogP contribution < -0.4 is 10.6 Å². The van der Waals surface area contributed by atoms with Gasteiger partial charge >= 0.3 is 5.97 Å². The smallest absolute Gasteiger partial charge is 0.331 e. The summed E-state index contributed by atoms with van der Waals surface area (Å²) in [4.78, 5) is 35.3. The fourth-order valence-corrected chi connectivity index (χ4v) is 2.69. The number of aryl methyl sites for hydroxylation is 1. The molecular formula is C17H22N2O5. The van der Waals surface area contributed by atoms with Crippen LogP contribution in [-0.2, 0) is 19.1 Å². The molecule has 2 amide bonds. The molecule has 1 saturated heterocycles. The van der Waals surface area contributed by atoms with Crippen molar-refractivity contribution in [1.29, 1.82) is 0 Å². The molecule has 1 aliphatic rings. The van der Waals surface area contributed by atoms with Crippen molar-refractivity contribution in [1.82, 2.24) is 10.6 Å². The van der Waals surface area contributed by atoms with E-state index in [1.54, 1.807) is 0 Å². The van der Waals surface area contributed by atoms with Gasteiger partial charge < -0.3 is 20.5 Å². The van der Waals surface area contributed by atoms with Crippen molar-refractivity contribution in [3.05, 3.63) is 35.4 Å². The maximum absolute atomic E-state index is 12.4. The second-order valence-corrected chi connectivity index (χ2v) is 6.11. The molecular weight excluding hydrogens is 312 g/mol. The first kappa shape index (κ1) is 17.9. The summed E-state index contributed by atoms with van der Waals surface area (Å²) in [5.41, 5.74) is 0.473. The minimum absolute atomic E-state index is 0.0440.